The lowest BCUT2D eigenvalue weighted by Gasteiger charge is -2.28. The summed E-state index contributed by atoms with van der Waals surface area (Å²) in [5.74, 6) is -2.15. The Morgan fingerprint density at radius 1 is 1.48 bits per heavy atom. The number of aromatic nitrogens is 2. The number of carbonyl (C=O) groups is 2. The second kappa shape index (κ2) is 6.95. The minimum Gasteiger partial charge on any atom is -0.534 e. The van der Waals surface area contributed by atoms with Crippen LogP contribution in [0, 0.1) is 0 Å². The molecular weight excluding hydrogens is 327 g/mol. The van der Waals surface area contributed by atoms with Gasteiger partial charge in [-0.2, -0.15) is 0 Å². The van der Waals surface area contributed by atoms with E-state index in [1.54, 1.807) is 16.7 Å². The van der Waals surface area contributed by atoms with Crippen molar-refractivity contribution in [2.45, 2.75) is 18.9 Å². The van der Waals surface area contributed by atoms with Crippen LogP contribution in [-0.2, 0) is 13.0 Å². The Morgan fingerprint density at radius 2 is 2.28 bits per heavy atom. The highest BCUT2D eigenvalue weighted by Crippen LogP contribution is 2.30. The van der Waals surface area contributed by atoms with Crippen molar-refractivity contribution < 1.29 is 24.4 Å². The molecule has 9 nitrogen and oxygen atoms in total. The van der Waals surface area contributed by atoms with E-state index in [2.05, 4.69) is 10.3 Å². The molecule has 1 aromatic heterocycles. The maximum Gasteiger partial charge on any atom is 0.547 e. The monoisotopic (exact) mass is 344 g/mol. The first-order valence-corrected chi connectivity index (χ1v) is 7.72. The van der Waals surface area contributed by atoms with Crippen LogP contribution in [-0.4, -0.2) is 51.2 Å². The first-order valence-electron chi connectivity index (χ1n) is 7.72. The summed E-state index contributed by atoms with van der Waals surface area (Å²) in [6.45, 7) is 0.800. The van der Waals surface area contributed by atoms with Crippen molar-refractivity contribution in [3.63, 3.8) is 0 Å². The number of nitrogens with zero attached hydrogens (tertiary/aromatic N) is 2. The van der Waals surface area contributed by atoms with Crippen LogP contribution in [0.3, 0.4) is 0 Å². The Balaban J connectivity index is 1.78. The molecule has 130 valence electrons. The molecule has 0 spiro atoms. The molecule has 5 N–H and O–H groups in total. The summed E-state index contributed by atoms with van der Waals surface area (Å²) in [6, 6.07) is 4.70. The van der Waals surface area contributed by atoms with Crippen LogP contribution in [0.2, 0.25) is 0 Å². The third-order valence-electron chi connectivity index (χ3n) is 3.98. The van der Waals surface area contributed by atoms with Crippen molar-refractivity contribution in [2.24, 2.45) is 5.73 Å². The molecule has 2 aromatic rings. The van der Waals surface area contributed by atoms with Gasteiger partial charge in [0.05, 0.1) is 24.0 Å². The molecule has 10 heteroatoms. The fraction of sp³-hybridized carbons (Fsp3) is 0.267. The Bertz CT molecular complexity index is 809. The van der Waals surface area contributed by atoms with E-state index in [0.717, 1.165) is 0 Å². The third-order valence-corrected chi connectivity index (χ3v) is 3.98. The second-order valence-corrected chi connectivity index (χ2v) is 5.65. The number of nitrogens with one attached hydrogen (secondary N) is 1. The zero-order valence-electron chi connectivity index (χ0n) is 13.3. The van der Waals surface area contributed by atoms with Gasteiger partial charge in [0, 0.05) is 13.1 Å². The summed E-state index contributed by atoms with van der Waals surface area (Å²) < 4.78 is 6.96. The number of fused-ring (bicyclic) bond motifs is 1. The fourth-order valence-electron chi connectivity index (χ4n) is 2.79. The molecule has 1 aliphatic rings. The van der Waals surface area contributed by atoms with Crippen LogP contribution in [0.4, 0.5) is 0 Å². The highest BCUT2D eigenvalue weighted by molar-refractivity contribution is 6.47. The predicted molar refractivity (Wildman–Crippen MR) is 88.2 cm³/mol. The van der Waals surface area contributed by atoms with Crippen molar-refractivity contribution in [3.8, 4) is 5.75 Å². The predicted octanol–water partition coefficient (Wildman–Crippen LogP) is -0.707. The molecule has 0 fully saturated rings. The summed E-state index contributed by atoms with van der Waals surface area (Å²) in [6.07, 6.45) is 3.16. The van der Waals surface area contributed by atoms with Gasteiger partial charge in [0.1, 0.15) is 11.4 Å². The van der Waals surface area contributed by atoms with Gasteiger partial charge in [-0.1, -0.05) is 12.1 Å². The summed E-state index contributed by atoms with van der Waals surface area (Å²) >= 11 is 0. The van der Waals surface area contributed by atoms with Gasteiger partial charge in [-0.25, -0.2) is 9.78 Å². The van der Waals surface area contributed by atoms with Crippen molar-refractivity contribution in [3.05, 3.63) is 47.5 Å². The number of carboxylic acids is 1. The molecule has 0 aliphatic carbocycles. The Hall–Kier alpha value is -2.85. The van der Waals surface area contributed by atoms with Crippen LogP contribution in [0.1, 0.15) is 26.4 Å². The number of benzene rings is 1. The van der Waals surface area contributed by atoms with Crippen LogP contribution in [0.25, 0.3) is 0 Å². The molecule has 0 bridgehead atoms. The average molecular weight is 344 g/mol. The summed E-state index contributed by atoms with van der Waals surface area (Å²) in [5.41, 5.74) is 6.40. The number of imidazole rings is 1. The zero-order chi connectivity index (χ0) is 18.0. The molecule has 0 saturated heterocycles. The third kappa shape index (κ3) is 3.35. The molecule has 1 atom stereocenters. The number of nitrogens with two attached hydrogens (primary N) is 1. The van der Waals surface area contributed by atoms with Crippen LogP contribution in [0.5, 0.6) is 5.75 Å². The molecule has 1 aromatic carbocycles. The smallest absolute Gasteiger partial charge is 0.534 e. The molecule has 0 radical (unpaired) electrons. The lowest BCUT2D eigenvalue weighted by molar-refractivity contribution is 0.0693. The second-order valence-electron chi connectivity index (χ2n) is 5.65. The van der Waals surface area contributed by atoms with E-state index in [4.69, 9.17) is 10.4 Å². The summed E-state index contributed by atoms with van der Waals surface area (Å²) in [4.78, 5) is 27.6. The van der Waals surface area contributed by atoms with E-state index in [-0.39, 0.29) is 17.7 Å². The standard InChI is InChI=1S/C15H17BN4O5/c17-4-5-20-8-18-7-11(20)14(21)19-12-6-9-2-1-3-10(15(22)23)13(9)25-16(12)24/h1-3,7-8,12,24H,4-6,17H2,(H,19,21)(H,22,23). The average Bonchev–Trinajstić information content (AvgIpc) is 3.03. The number of hydrogen-bond acceptors (Lipinski definition) is 6. The number of amides is 1. The molecule has 25 heavy (non-hydrogen) atoms. The quantitative estimate of drug-likeness (QED) is 0.526. The van der Waals surface area contributed by atoms with Crippen LogP contribution in [0.15, 0.2) is 30.7 Å². The summed E-state index contributed by atoms with van der Waals surface area (Å²) in [5, 5.41) is 22.1. The molecular formula is C15H17BN4O5. The van der Waals surface area contributed by atoms with Crippen molar-refractivity contribution in [2.75, 3.05) is 6.54 Å². The van der Waals surface area contributed by atoms with Gasteiger partial charge < -0.3 is 30.4 Å². The number of carboxylic acid groups (broad SMARTS) is 1. The van der Waals surface area contributed by atoms with Crippen molar-refractivity contribution >= 4 is 19.0 Å². The minimum atomic E-state index is -1.36. The highest BCUT2D eigenvalue weighted by atomic mass is 16.5. The topological polar surface area (TPSA) is 140 Å². The lowest BCUT2D eigenvalue weighted by atomic mass is 9.72. The fourth-order valence-corrected chi connectivity index (χ4v) is 2.79. The number of aromatic carboxylic acids is 1. The number of para-hydroxylation sites is 1. The van der Waals surface area contributed by atoms with Gasteiger partial charge in [-0.3, -0.25) is 4.79 Å². The van der Waals surface area contributed by atoms with E-state index in [9.17, 15) is 19.7 Å². The number of carbonyl (C=O) groups excluding carboxylic acids is 1. The minimum absolute atomic E-state index is 0.0256. The lowest BCUT2D eigenvalue weighted by Crippen LogP contribution is -2.53. The molecule has 1 amide bonds. The van der Waals surface area contributed by atoms with Gasteiger partial charge in [0.15, 0.2) is 0 Å². The van der Waals surface area contributed by atoms with Crippen LogP contribution < -0.4 is 15.7 Å². The van der Waals surface area contributed by atoms with E-state index in [0.29, 0.717) is 24.3 Å². The van der Waals surface area contributed by atoms with Gasteiger partial charge in [0.25, 0.3) is 5.91 Å². The van der Waals surface area contributed by atoms with Crippen molar-refractivity contribution in [1.82, 2.24) is 14.9 Å². The van der Waals surface area contributed by atoms with Crippen LogP contribution >= 0.6 is 0 Å². The number of rotatable bonds is 5. The maximum atomic E-state index is 12.4. The van der Waals surface area contributed by atoms with E-state index in [1.165, 1.54) is 18.6 Å². The van der Waals surface area contributed by atoms with E-state index >= 15 is 0 Å². The van der Waals surface area contributed by atoms with E-state index in [1.807, 2.05) is 0 Å². The Labute approximate surface area is 143 Å². The van der Waals surface area contributed by atoms with Gasteiger partial charge in [0.2, 0.25) is 0 Å². The highest BCUT2D eigenvalue weighted by Gasteiger charge is 2.38. The molecule has 0 saturated carbocycles. The largest absolute Gasteiger partial charge is 0.547 e. The molecule has 1 unspecified atom stereocenters. The number of hydrogen-bond donors (Lipinski definition) is 4. The molecule has 1 aliphatic heterocycles. The first kappa shape index (κ1) is 17.0. The van der Waals surface area contributed by atoms with Gasteiger partial charge in [-0.15, -0.1) is 0 Å². The van der Waals surface area contributed by atoms with Crippen molar-refractivity contribution in [1.29, 1.82) is 0 Å². The van der Waals surface area contributed by atoms with E-state index < -0.39 is 24.9 Å². The Morgan fingerprint density at radius 3 is 3.00 bits per heavy atom. The maximum absolute atomic E-state index is 12.4. The molecule has 3 rings (SSSR count). The molecule has 2 heterocycles. The SMILES string of the molecule is NCCn1cncc1C(=O)NC1Cc2cccc(C(=O)O)c2OB1O. The Kier molecular flexibility index (Phi) is 4.73. The van der Waals surface area contributed by atoms with Gasteiger partial charge >= 0.3 is 13.1 Å². The zero-order valence-corrected chi connectivity index (χ0v) is 13.3. The van der Waals surface area contributed by atoms with Gasteiger partial charge in [-0.05, 0) is 18.1 Å². The summed E-state index contributed by atoms with van der Waals surface area (Å²) in [7, 11) is -1.36. The normalized spacial score (nSPS) is 16.1. The first-order chi connectivity index (χ1) is 12.0.